The van der Waals surface area contributed by atoms with Crippen molar-refractivity contribution in [3.63, 3.8) is 0 Å². The van der Waals surface area contributed by atoms with E-state index in [9.17, 15) is 9.59 Å². The molecule has 128 valence electrons. The van der Waals surface area contributed by atoms with Gasteiger partial charge in [-0.1, -0.05) is 62.6 Å². The first-order valence-corrected chi connectivity index (χ1v) is 9.76. The Morgan fingerprint density at radius 2 is 1.73 bits per heavy atom. The predicted octanol–water partition coefficient (Wildman–Crippen LogP) is 4.43. The van der Waals surface area contributed by atoms with E-state index < -0.39 is 11.6 Å². The van der Waals surface area contributed by atoms with E-state index in [2.05, 4.69) is 13.8 Å². The molecule has 0 heterocycles. The first-order valence-electron chi connectivity index (χ1n) is 8.51. The van der Waals surface area contributed by atoms with Crippen LogP contribution in [0.25, 0.3) is 0 Å². The molecule has 0 amide bonds. The van der Waals surface area contributed by atoms with Gasteiger partial charge in [0.25, 0.3) is 0 Å². The molecule has 0 aromatic heterocycles. The molecular weight excluding hydrogens is 395 g/mol. The third-order valence-electron chi connectivity index (χ3n) is 4.81. The third kappa shape index (κ3) is 5.39. The van der Waals surface area contributed by atoms with Gasteiger partial charge in [0.1, 0.15) is 9.53 Å². The van der Waals surface area contributed by atoms with Crippen molar-refractivity contribution in [3.8, 4) is 0 Å². The van der Waals surface area contributed by atoms with E-state index in [0.717, 1.165) is 25.7 Å². The average molecular weight is 424 g/mol. The number of ether oxygens (including phenoxy) is 2. The monoisotopic (exact) mass is 424 g/mol. The van der Waals surface area contributed by atoms with Gasteiger partial charge in [0.15, 0.2) is 6.61 Å². The summed E-state index contributed by atoms with van der Waals surface area (Å²) in [6, 6.07) is 0. The lowest BCUT2D eigenvalue weighted by Gasteiger charge is -2.41. The topological polar surface area (TPSA) is 52.6 Å². The Labute approximate surface area is 147 Å². The van der Waals surface area contributed by atoms with Crippen molar-refractivity contribution < 1.29 is 19.1 Å². The largest absolute Gasteiger partial charge is 0.456 e. The molecule has 1 saturated carbocycles. The summed E-state index contributed by atoms with van der Waals surface area (Å²) in [6.07, 6.45) is 8.29. The smallest absolute Gasteiger partial charge is 0.344 e. The summed E-state index contributed by atoms with van der Waals surface area (Å²) >= 11 is 2.03. The number of halogens is 1. The van der Waals surface area contributed by atoms with E-state index in [-0.39, 0.29) is 16.5 Å². The highest BCUT2D eigenvalue weighted by atomic mass is 127. The highest BCUT2D eigenvalue weighted by molar-refractivity contribution is 14.1. The van der Waals surface area contributed by atoms with Gasteiger partial charge < -0.3 is 9.47 Å². The minimum absolute atomic E-state index is 0.203. The molecule has 0 bridgehead atoms. The van der Waals surface area contributed by atoms with E-state index in [4.69, 9.17) is 9.47 Å². The maximum absolute atomic E-state index is 12.1. The van der Waals surface area contributed by atoms with Crippen molar-refractivity contribution >= 4 is 34.5 Å². The van der Waals surface area contributed by atoms with Crippen molar-refractivity contribution in [2.75, 3.05) is 6.61 Å². The first-order chi connectivity index (χ1) is 10.5. The van der Waals surface area contributed by atoms with Crippen LogP contribution in [0.1, 0.15) is 72.1 Å². The summed E-state index contributed by atoms with van der Waals surface area (Å²) in [5, 5.41) is 0. The summed E-state index contributed by atoms with van der Waals surface area (Å²) < 4.78 is 10.7. The van der Waals surface area contributed by atoms with Gasteiger partial charge in [0.2, 0.25) is 0 Å². The van der Waals surface area contributed by atoms with Gasteiger partial charge in [-0.05, 0) is 38.0 Å². The number of alkyl halides is 1. The number of carbonyl (C=O) groups excluding carboxylic acids is 2. The summed E-state index contributed by atoms with van der Waals surface area (Å²) in [5.74, 6) is -0.317. The fraction of sp³-hybridized carbons (Fsp3) is 0.882. The van der Waals surface area contributed by atoms with Gasteiger partial charge >= 0.3 is 11.9 Å². The molecule has 1 unspecified atom stereocenters. The van der Waals surface area contributed by atoms with Crippen LogP contribution in [-0.2, 0) is 19.1 Å². The van der Waals surface area contributed by atoms with Gasteiger partial charge in [-0.3, -0.25) is 4.79 Å². The Kier molecular flexibility index (Phi) is 8.72. The van der Waals surface area contributed by atoms with Gasteiger partial charge in [-0.2, -0.15) is 0 Å². The summed E-state index contributed by atoms with van der Waals surface area (Å²) in [4.78, 5) is 23.8. The molecule has 22 heavy (non-hydrogen) atoms. The highest BCUT2D eigenvalue weighted by Gasteiger charge is 2.40. The quantitative estimate of drug-likeness (QED) is 0.329. The van der Waals surface area contributed by atoms with Crippen LogP contribution in [0.5, 0.6) is 0 Å². The summed E-state index contributed by atoms with van der Waals surface area (Å²) in [5.41, 5.74) is -0.390. The molecule has 0 saturated heterocycles. The Bertz CT molecular complexity index is 360. The van der Waals surface area contributed by atoms with Crippen LogP contribution in [0, 0.1) is 5.92 Å². The molecule has 1 rings (SSSR count). The SMILES string of the molecule is CCC(I)C(=O)OCC(=O)OC(CC)(CC)C1CCCCC1. The second-order valence-corrected chi connectivity index (χ2v) is 7.57. The van der Waals surface area contributed by atoms with Gasteiger partial charge in [0, 0.05) is 0 Å². The molecule has 1 aliphatic carbocycles. The minimum atomic E-state index is -0.415. The second-order valence-electron chi connectivity index (χ2n) is 6.06. The molecule has 0 spiro atoms. The second kappa shape index (κ2) is 9.73. The van der Waals surface area contributed by atoms with Gasteiger partial charge in [0.05, 0.1) is 0 Å². The lowest BCUT2D eigenvalue weighted by Crippen LogP contribution is -2.43. The number of rotatable bonds is 8. The fourth-order valence-electron chi connectivity index (χ4n) is 3.33. The number of esters is 2. The summed E-state index contributed by atoms with van der Waals surface area (Å²) in [7, 11) is 0. The standard InChI is InChI=1S/C17H29IO4/c1-4-14(18)16(20)21-12-15(19)22-17(5-2,6-3)13-10-8-7-9-11-13/h13-14H,4-12H2,1-3H3. The normalized spacial score (nSPS) is 17.8. The Morgan fingerprint density at radius 3 is 2.23 bits per heavy atom. The third-order valence-corrected chi connectivity index (χ3v) is 6.20. The van der Waals surface area contributed by atoms with Crippen molar-refractivity contribution in [3.05, 3.63) is 0 Å². The minimum Gasteiger partial charge on any atom is -0.456 e. The Balaban J connectivity index is 2.58. The molecule has 5 heteroatoms. The van der Waals surface area contributed by atoms with Crippen molar-refractivity contribution in [2.24, 2.45) is 5.92 Å². The average Bonchev–Trinajstić information content (AvgIpc) is 2.57. The number of hydrogen-bond donors (Lipinski definition) is 0. The number of carbonyl (C=O) groups is 2. The van der Waals surface area contributed by atoms with E-state index in [1.165, 1.54) is 19.3 Å². The zero-order valence-electron chi connectivity index (χ0n) is 14.0. The molecule has 0 aromatic rings. The Hall–Kier alpha value is -0.330. The van der Waals surface area contributed by atoms with Crippen LogP contribution >= 0.6 is 22.6 Å². The van der Waals surface area contributed by atoms with Crippen LogP contribution in [-0.4, -0.2) is 28.1 Å². The van der Waals surface area contributed by atoms with Crippen molar-refractivity contribution in [2.45, 2.75) is 81.7 Å². The van der Waals surface area contributed by atoms with Crippen LogP contribution in [0.3, 0.4) is 0 Å². The molecule has 0 aliphatic heterocycles. The van der Waals surface area contributed by atoms with E-state index >= 15 is 0 Å². The van der Waals surface area contributed by atoms with Crippen molar-refractivity contribution in [1.82, 2.24) is 0 Å². The van der Waals surface area contributed by atoms with Crippen LogP contribution in [0.2, 0.25) is 0 Å². The zero-order valence-corrected chi connectivity index (χ0v) is 16.2. The van der Waals surface area contributed by atoms with Gasteiger partial charge in [-0.25, -0.2) is 4.79 Å². The maximum atomic E-state index is 12.1. The summed E-state index contributed by atoms with van der Waals surface area (Å²) in [6.45, 7) is 5.80. The maximum Gasteiger partial charge on any atom is 0.344 e. The number of hydrogen-bond acceptors (Lipinski definition) is 4. The first kappa shape index (κ1) is 19.7. The van der Waals surface area contributed by atoms with Crippen molar-refractivity contribution in [1.29, 1.82) is 0 Å². The lowest BCUT2D eigenvalue weighted by atomic mass is 9.74. The molecule has 0 radical (unpaired) electrons. The molecule has 1 atom stereocenters. The zero-order chi connectivity index (χ0) is 16.6. The lowest BCUT2D eigenvalue weighted by molar-refractivity contribution is -0.177. The van der Waals surface area contributed by atoms with E-state index in [0.29, 0.717) is 12.3 Å². The van der Waals surface area contributed by atoms with Crippen LogP contribution in [0.15, 0.2) is 0 Å². The molecule has 1 aliphatic rings. The molecule has 1 fully saturated rings. The van der Waals surface area contributed by atoms with Crippen LogP contribution in [0.4, 0.5) is 0 Å². The molecular formula is C17H29IO4. The molecule has 0 aromatic carbocycles. The van der Waals surface area contributed by atoms with Crippen LogP contribution < -0.4 is 0 Å². The fourth-order valence-corrected chi connectivity index (χ4v) is 3.51. The van der Waals surface area contributed by atoms with E-state index in [1.807, 2.05) is 29.5 Å². The Morgan fingerprint density at radius 1 is 1.14 bits per heavy atom. The predicted molar refractivity (Wildman–Crippen MR) is 95.0 cm³/mol. The van der Waals surface area contributed by atoms with E-state index in [1.54, 1.807) is 0 Å². The highest BCUT2D eigenvalue weighted by Crippen LogP contribution is 2.39. The molecule has 4 nitrogen and oxygen atoms in total. The molecule has 0 N–H and O–H groups in total. The van der Waals surface area contributed by atoms with Gasteiger partial charge in [-0.15, -0.1) is 0 Å².